The molecule has 0 amide bonds. The van der Waals surface area contributed by atoms with Crippen LogP contribution in [0, 0.1) is 5.92 Å². The first-order chi connectivity index (χ1) is 8.58. The Bertz CT molecular complexity index is 412. The van der Waals surface area contributed by atoms with Crippen LogP contribution in [0.25, 0.3) is 0 Å². The molecule has 1 aromatic rings. The van der Waals surface area contributed by atoms with Crippen molar-refractivity contribution in [2.24, 2.45) is 11.7 Å². The molecule has 4 N–H and O–H groups in total. The Kier molecular flexibility index (Phi) is 5.29. The zero-order valence-corrected chi connectivity index (χ0v) is 11.8. The van der Waals surface area contributed by atoms with Crippen molar-refractivity contribution in [3.8, 4) is 17.2 Å². The molecule has 0 spiro atoms. The molecule has 0 radical (unpaired) electrons. The first kappa shape index (κ1) is 15.9. The van der Waals surface area contributed by atoms with Gasteiger partial charge in [0.1, 0.15) is 17.2 Å². The lowest BCUT2D eigenvalue weighted by Crippen LogP contribution is -2.28. The SMILES string of the molecule is COc1cc(O)cc(OC)c1[C@H](N)[C@H](O)C1CC1.Cl. The number of methoxy groups -OCH3 is 2. The van der Waals surface area contributed by atoms with Crippen LogP contribution < -0.4 is 15.2 Å². The molecule has 1 aliphatic rings. The Balaban J connectivity index is 0.00000180. The molecule has 0 aliphatic heterocycles. The summed E-state index contributed by atoms with van der Waals surface area (Å²) in [5.41, 5.74) is 6.69. The number of aromatic hydroxyl groups is 1. The maximum Gasteiger partial charge on any atom is 0.131 e. The fourth-order valence-corrected chi connectivity index (χ4v) is 2.16. The van der Waals surface area contributed by atoms with Crippen LogP contribution in [0.2, 0.25) is 0 Å². The molecule has 1 aliphatic carbocycles. The van der Waals surface area contributed by atoms with E-state index < -0.39 is 12.1 Å². The smallest absolute Gasteiger partial charge is 0.131 e. The third kappa shape index (κ3) is 3.23. The average molecular weight is 290 g/mol. The number of aliphatic hydroxyl groups excluding tert-OH is 1. The minimum atomic E-state index is -0.614. The Hall–Kier alpha value is -1.17. The highest BCUT2D eigenvalue weighted by Gasteiger charge is 2.36. The summed E-state index contributed by atoms with van der Waals surface area (Å²) in [6.45, 7) is 0. The lowest BCUT2D eigenvalue weighted by Gasteiger charge is -2.23. The van der Waals surface area contributed by atoms with Gasteiger partial charge in [-0.2, -0.15) is 0 Å². The summed E-state index contributed by atoms with van der Waals surface area (Å²) >= 11 is 0. The summed E-state index contributed by atoms with van der Waals surface area (Å²) in [6, 6.07) is 2.36. The molecular formula is C13H20ClNO4. The fraction of sp³-hybridized carbons (Fsp3) is 0.538. The highest BCUT2D eigenvalue weighted by molar-refractivity contribution is 5.85. The van der Waals surface area contributed by atoms with E-state index in [0.29, 0.717) is 17.1 Å². The number of benzene rings is 1. The highest BCUT2D eigenvalue weighted by atomic mass is 35.5. The Labute approximate surface area is 118 Å². The lowest BCUT2D eigenvalue weighted by atomic mass is 9.97. The number of phenols is 1. The van der Waals surface area contributed by atoms with Gasteiger partial charge in [0, 0.05) is 12.1 Å². The minimum Gasteiger partial charge on any atom is -0.508 e. The predicted octanol–water partition coefficient (Wildman–Crippen LogP) is 1.60. The summed E-state index contributed by atoms with van der Waals surface area (Å²) in [7, 11) is 2.99. The largest absolute Gasteiger partial charge is 0.508 e. The van der Waals surface area contributed by atoms with Crippen LogP contribution >= 0.6 is 12.4 Å². The molecule has 2 rings (SSSR count). The molecule has 5 nitrogen and oxygen atoms in total. The van der Waals surface area contributed by atoms with Gasteiger partial charge in [-0.1, -0.05) is 0 Å². The van der Waals surface area contributed by atoms with Crippen molar-refractivity contribution >= 4 is 12.4 Å². The number of hydrogen-bond donors (Lipinski definition) is 3. The third-order valence-corrected chi connectivity index (χ3v) is 3.33. The molecule has 19 heavy (non-hydrogen) atoms. The van der Waals surface area contributed by atoms with E-state index in [1.807, 2.05) is 0 Å². The van der Waals surface area contributed by atoms with E-state index in [-0.39, 0.29) is 24.1 Å². The first-order valence-electron chi connectivity index (χ1n) is 5.97. The van der Waals surface area contributed by atoms with Crippen LogP contribution in [0.15, 0.2) is 12.1 Å². The molecule has 2 atom stereocenters. The number of halogens is 1. The van der Waals surface area contributed by atoms with Gasteiger partial charge in [0.05, 0.1) is 31.9 Å². The van der Waals surface area contributed by atoms with Gasteiger partial charge < -0.3 is 25.4 Å². The summed E-state index contributed by atoms with van der Waals surface area (Å²) < 4.78 is 10.4. The van der Waals surface area contributed by atoms with Crippen LogP contribution in [0.3, 0.4) is 0 Å². The van der Waals surface area contributed by atoms with E-state index in [9.17, 15) is 10.2 Å². The third-order valence-electron chi connectivity index (χ3n) is 3.33. The van der Waals surface area contributed by atoms with E-state index in [1.54, 1.807) is 0 Å². The van der Waals surface area contributed by atoms with Crippen LogP contribution in [0.5, 0.6) is 17.2 Å². The van der Waals surface area contributed by atoms with Gasteiger partial charge in [-0.05, 0) is 18.8 Å². The number of rotatable bonds is 5. The monoisotopic (exact) mass is 289 g/mol. The van der Waals surface area contributed by atoms with Crippen molar-refractivity contribution < 1.29 is 19.7 Å². The van der Waals surface area contributed by atoms with E-state index in [0.717, 1.165) is 12.8 Å². The van der Waals surface area contributed by atoms with Gasteiger partial charge in [0.2, 0.25) is 0 Å². The Morgan fingerprint density at radius 1 is 1.21 bits per heavy atom. The molecule has 0 saturated heterocycles. The van der Waals surface area contributed by atoms with Gasteiger partial charge >= 0.3 is 0 Å². The molecule has 0 unspecified atom stereocenters. The average Bonchev–Trinajstić information content (AvgIpc) is 3.20. The van der Waals surface area contributed by atoms with Crippen molar-refractivity contribution in [3.63, 3.8) is 0 Å². The molecule has 108 valence electrons. The fourth-order valence-electron chi connectivity index (χ4n) is 2.16. The van der Waals surface area contributed by atoms with Crippen molar-refractivity contribution in [3.05, 3.63) is 17.7 Å². The normalized spacial score (nSPS) is 17.3. The minimum absolute atomic E-state index is 0. The molecule has 1 aromatic carbocycles. The van der Waals surface area contributed by atoms with Gasteiger partial charge in [-0.15, -0.1) is 12.4 Å². The molecule has 1 fully saturated rings. The summed E-state index contributed by atoms with van der Waals surface area (Å²) in [4.78, 5) is 0. The molecule has 0 bridgehead atoms. The lowest BCUT2D eigenvalue weighted by molar-refractivity contribution is 0.120. The number of hydrogen-bond acceptors (Lipinski definition) is 5. The zero-order valence-electron chi connectivity index (χ0n) is 11.0. The van der Waals surface area contributed by atoms with Gasteiger partial charge in [-0.3, -0.25) is 0 Å². The van der Waals surface area contributed by atoms with E-state index in [4.69, 9.17) is 15.2 Å². The number of ether oxygens (including phenoxy) is 2. The van der Waals surface area contributed by atoms with E-state index in [1.165, 1.54) is 26.4 Å². The van der Waals surface area contributed by atoms with Crippen LogP contribution in [0.1, 0.15) is 24.4 Å². The Morgan fingerprint density at radius 3 is 2.05 bits per heavy atom. The standard InChI is InChI=1S/C13H19NO4.ClH/c1-17-9-5-8(15)6-10(18-2)11(9)12(14)13(16)7-3-4-7;/h5-7,12-13,15-16H,3-4,14H2,1-2H3;1H/t12-,13+;/m0./s1. The number of nitrogens with two attached hydrogens (primary N) is 1. The highest BCUT2D eigenvalue weighted by Crippen LogP contribution is 2.43. The number of phenolic OH excluding ortho intramolecular Hbond substituents is 1. The van der Waals surface area contributed by atoms with Crippen molar-refractivity contribution in [2.75, 3.05) is 14.2 Å². The second-order valence-corrected chi connectivity index (χ2v) is 4.62. The first-order valence-corrected chi connectivity index (χ1v) is 5.97. The molecule has 0 aromatic heterocycles. The summed E-state index contributed by atoms with van der Waals surface area (Å²) in [5.74, 6) is 1.15. The summed E-state index contributed by atoms with van der Waals surface area (Å²) in [5, 5.41) is 19.7. The molecule has 6 heteroatoms. The quantitative estimate of drug-likeness (QED) is 0.767. The topological polar surface area (TPSA) is 84.9 Å². The van der Waals surface area contributed by atoms with E-state index in [2.05, 4.69) is 0 Å². The van der Waals surface area contributed by atoms with Gasteiger partial charge in [0.25, 0.3) is 0 Å². The summed E-state index contributed by atoms with van der Waals surface area (Å²) in [6.07, 6.45) is 1.38. The zero-order chi connectivity index (χ0) is 13.3. The second-order valence-electron chi connectivity index (χ2n) is 4.62. The van der Waals surface area contributed by atoms with Gasteiger partial charge in [0.15, 0.2) is 0 Å². The molecule has 1 saturated carbocycles. The van der Waals surface area contributed by atoms with Crippen LogP contribution in [-0.4, -0.2) is 30.5 Å². The molecule has 0 heterocycles. The molecular weight excluding hydrogens is 270 g/mol. The van der Waals surface area contributed by atoms with E-state index >= 15 is 0 Å². The van der Waals surface area contributed by atoms with Crippen molar-refractivity contribution in [1.29, 1.82) is 0 Å². The second kappa shape index (κ2) is 6.32. The predicted molar refractivity (Wildman–Crippen MR) is 74.1 cm³/mol. The van der Waals surface area contributed by atoms with Crippen LogP contribution in [0.4, 0.5) is 0 Å². The maximum atomic E-state index is 10.1. The Morgan fingerprint density at radius 2 is 1.68 bits per heavy atom. The number of aliphatic hydroxyl groups is 1. The van der Waals surface area contributed by atoms with Crippen LogP contribution in [-0.2, 0) is 0 Å². The van der Waals surface area contributed by atoms with Crippen molar-refractivity contribution in [2.45, 2.75) is 25.0 Å². The van der Waals surface area contributed by atoms with Gasteiger partial charge in [-0.25, -0.2) is 0 Å². The van der Waals surface area contributed by atoms with Crippen molar-refractivity contribution in [1.82, 2.24) is 0 Å². The maximum absolute atomic E-state index is 10.1.